The van der Waals surface area contributed by atoms with Crippen molar-refractivity contribution < 1.29 is 9.59 Å². The van der Waals surface area contributed by atoms with Crippen molar-refractivity contribution in [3.63, 3.8) is 0 Å². The van der Waals surface area contributed by atoms with Crippen molar-refractivity contribution in [1.82, 2.24) is 10.2 Å². The lowest BCUT2D eigenvalue weighted by Gasteiger charge is -2.30. The number of benzene rings is 2. The largest absolute Gasteiger partial charge is 0.352 e. The summed E-state index contributed by atoms with van der Waals surface area (Å²) < 4.78 is 0. The van der Waals surface area contributed by atoms with Crippen molar-refractivity contribution >= 4 is 35.0 Å². The smallest absolute Gasteiger partial charge is 0.242 e. The molecule has 0 aromatic heterocycles. The van der Waals surface area contributed by atoms with Crippen molar-refractivity contribution in [3.8, 4) is 0 Å². The topological polar surface area (TPSA) is 49.4 Å². The summed E-state index contributed by atoms with van der Waals surface area (Å²) in [7, 11) is 0. The first-order chi connectivity index (χ1) is 13.8. The van der Waals surface area contributed by atoms with Gasteiger partial charge in [0, 0.05) is 29.1 Å². The molecule has 0 heterocycles. The Kier molecular flexibility index (Phi) is 8.99. The van der Waals surface area contributed by atoms with Gasteiger partial charge in [-0.05, 0) is 56.0 Å². The SMILES string of the molecule is CCC(C)NC(=O)C(C)N(Cc1cccc(Cl)c1)C(=O)CCc1ccccc1Cl. The summed E-state index contributed by atoms with van der Waals surface area (Å²) in [5, 5.41) is 4.21. The van der Waals surface area contributed by atoms with Gasteiger partial charge in [-0.3, -0.25) is 9.59 Å². The Labute approximate surface area is 183 Å². The van der Waals surface area contributed by atoms with Crippen LogP contribution in [0, 0.1) is 0 Å². The maximum Gasteiger partial charge on any atom is 0.242 e. The second kappa shape index (κ2) is 11.2. The maximum absolute atomic E-state index is 13.1. The second-order valence-electron chi connectivity index (χ2n) is 7.24. The lowest BCUT2D eigenvalue weighted by atomic mass is 10.1. The van der Waals surface area contributed by atoms with Gasteiger partial charge in [0.25, 0.3) is 0 Å². The van der Waals surface area contributed by atoms with E-state index in [1.807, 2.05) is 56.3 Å². The molecule has 0 aliphatic heterocycles. The van der Waals surface area contributed by atoms with Crippen LogP contribution < -0.4 is 5.32 Å². The van der Waals surface area contributed by atoms with E-state index < -0.39 is 6.04 Å². The number of hydrogen-bond donors (Lipinski definition) is 1. The highest BCUT2D eigenvalue weighted by molar-refractivity contribution is 6.31. The zero-order valence-corrected chi connectivity index (χ0v) is 18.6. The number of aryl methyl sites for hydroxylation is 1. The Morgan fingerprint density at radius 1 is 1.07 bits per heavy atom. The van der Waals surface area contributed by atoms with Gasteiger partial charge in [-0.1, -0.05) is 60.5 Å². The summed E-state index contributed by atoms with van der Waals surface area (Å²) in [6, 6.07) is 14.3. The van der Waals surface area contributed by atoms with Crippen molar-refractivity contribution in [3.05, 3.63) is 69.7 Å². The average molecular weight is 435 g/mol. The normalized spacial score (nSPS) is 12.9. The summed E-state index contributed by atoms with van der Waals surface area (Å²) >= 11 is 12.3. The van der Waals surface area contributed by atoms with E-state index in [2.05, 4.69) is 5.32 Å². The van der Waals surface area contributed by atoms with Crippen LogP contribution in [0.2, 0.25) is 10.0 Å². The molecule has 2 rings (SSSR count). The minimum atomic E-state index is -0.596. The molecule has 2 aromatic carbocycles. The number of carbonyl (C=O) groups is 2. The van der Waals surface area contributed by atoms with Gasteiger partial charge < -0.3 is 10.2 Å². The van der Waals surface area contributed by atoms with Crippen LogP contribution >= 0.6 is 23.2 Å². The van der Waals surface area contributed by atoms with Crippen molar-refractivity contribution in [2.45, 2.75) is 58.7 Å². The Morgan fingerprint density at radius 2 is 1.79 bits per heavy atom. The van der Waals surface area contributed by atoms with E-state index in [4.69, 9.17) is 23.2 Å². The predicted molar refractivity (Wildman–Crippen MR) is 119 cm³/mol. The number of carbonyl (C=O) groups excluding carboxylic acids is 2. The molecule has 2 aromatic rings. The zero-order valence-electron chi connectivity index (χ0n) is 17.1. The molecule has 0 fully saturated rings. The lowest BCUT2D eigenvalue weighted by Crippen LogP contribution is -2.49. The van der Waals surface area contributed by atoms with Crippen LogP contribution in [-0.4, -0.2) is 28.8 Å². The minimum Gasteiger partial charge on any atom is -0.352 e. The van der Waals surface area contributed by atoms with Crippen LogP contribution in [0.5, 0.6) is 0 Å². The molecule has 0 bridgehead atoms. The van der Waals surface area contributed by atoms with Crippen molar-refractivity contribution in [2.75, 3.05) is 0 Å². The standard InChI is InChI=1S/C23H28Cl2N2O2/c1-4-16(2)26-23(29)17(3)27(15-18-8-7-10-20(24)14-18)22(28)13-12-19-9-5-6-11-21(19)25/h5-11,14,16-17H,4,12-13,15H2,1-3H3,(H,26,29). The maximum atomic E-state index is 13.1. The van der Waals surface area contributed by atoms with Gasteiger partial charge in [0.05, 0.1) is 0 Å². The summed E-state index contributed by atoms with van der Waals surface area (Å²) in [6.45, 7) is 6.03. The van der Waals surface area contributed by atoms with E-state index in [9.17, 15) is 9.59 Å². The van der Waals surface area contributed by atoms with Gasteiger partial charge in [-0.15, -0.1) is 0 Å². The molecule has 0 spiro atoms. The number of hydrogen-bond acceptors (Lipinski definition) is 2. The van der Waals surface area contributed by atoms with E-state index in [0.717, 1.165) is 17.5 Å². The summed E-state index contributed by atoms with van der Waals surface area (Å²) in [5.74, 6) is -0.260. The van der Waals surface area contributed by atoms with Crippen LogP contribution in [0.25, 0.3) is 0 Å². The Morgan fingerprint density at radius 3 is 2.45 bits per heavy atom. The molecule has 0 radical (unpaired) electrons. The van der Waals surface area contributed by atoms with Gasteiger partial charge in [0.1, 0.15) is 6.04 Å². The van der Waals surface area contributed by atoms with Crippen LogP contribution in [0.4, 0.5) is 0 Å². The first-order valence-electron chi connectivity index (χ1n) is 9.89. The first-order valence-corrected chi connectivity index (χ1v) is 10.6. The highest BCUT2D eigenvalue weighted by Crippen LogP contribution is 2.19. The fraction of sp³-hybridized carbons (Fsp3) is 0.391. The highest BCUT2D eigenvalue weighted by Gasteiger charge is 2.26. The second-order valence-corrected chi connectivity index (χ2v) is 8.08. The molecule has 2 unspecified atom stereocenters. The van der Waals surface area contributed by atoms with Crippen LogP contribution in [0.15, 0.2) is 48.5 Å². The molecular formula is C23H28Cl2N2O2. The van der Waals surface area contributed by atoms with E-state index in [1.54, 1.807) is 17.9 Å². The third-order valence-electron chi connectivity index (χ3n) is 4.98. The fourth-order valence-corrected chi connectivity index (χ4v) is 3.41. The third-order valence-corrected chi connectivity index (χ3v) is 5.58. The molecule has 2 atom stereocenters. The molecule has 1 N–H and O–H groups in total. The number of nitrogens with zero attached hydrogens (tertiary/aromatic N) is 1. The first kappa shape index (κ1) is 23.2. The zero-order chi connectivity index (χ0) is 21.4. The third kappa shape index (κ3) is 7.06. The van der Waals surface area contributed by atoms with E-state index in [0.29, 0.717) is 23.0 Å². The Bertz CT molecular complexity index is 841. The van der Waals surface area contributed by atoms with Crippen molar-refractivity contribution in [2.24, 2.45) is 0 Å². The minimum absolute atomic E-state index is 0.0520. The number of amides is 2. The summed E-state index contributed by atoms with van der Waals surface area (Å²) in [4.78, 5) is 27.4. The molecule has 0 saturated heterocycles. The quantitative estimate of drug-likeness (QED) is 0.584. The van der Waals surface area contributed by atoms with Gasteiger partial charge in [-0.2, -0.15) is 0 Å². The van der Waals surface area contributed by atoms with Crippen LogP contribution in [0.3, 0.4) is 0 Å². The molecule has 2 amide bonds. The Balaban J connectivity index is 2.17. The predicted octanol–water partition coefficient (Wildman–Crippen LogP) is 5.26. The molecule has 0 saturated carbocycles. The van der Waals surface area contributed by atoms with Gasteiger partial charge in [0.2, 0.25) is 11.8 Å². The molecule has 156 valence electrons. The van der Waals surface area contributed by atoms with Crippen LogP contribution in [0.1, 0.15) is 44.7 Å². The molecule has 0 aliphatic rings. The van der Waals surface area contributed by atoms with E-state index in [1.165, 1.54) is 0 Å². The lowest BCUT2D eigenvalue weighted by molar-refractivity contribution is -0.140. The number of rotatable bonds is 9. The monoisotopic (exact) mass is 434 g/mol. The van der Waals surface area contributed by atoms with E-state index in [-0.39, 0.29) is 24.3 Å². The van der Waals surface area contributed by atoms with Crippen molar-refractivity contribution in [1.29, 1.82) is 0 Å². The number of nitrogens with one attached hydrogen (secondary N) is 1. The number of halogens is 2. The molecule has 29 heavy (non-hydrogen) atoms. The molecule has 4 nitrogen and oxygen atoms in total. The average Bonchev–Trinajstić information content (AvgIpc) is 2.70. The fourth-order valence-electron chi connectivity index (χ4n) is 2.97. The highest BCUT2D eigenvalue weighted by atomic mass is 35.5. The van der Waals surface area contributed by atoms with Gasteiger partial charge >= 0.3 is 0 Å². The van der Waals surface area contributed by atoms with Gasteiger partial charge in [-0.25, -0.2) is 0 Å². The molecular weight excluding hydrogens is 407 g/mol. The molecule has 6 heteroatoms. The Hall–Kier alpha value is -2.04. The van der Waals surface area contributed by atoms with Gasteiger partial charge in [0.15, 0.2) is 0 Å². The summed E-state index contributed by atoms with van der Waals surface area (Å²) in [5.41, 5.74) is 1.80. The molecule has 0 aliphatic carbocycles. The van der Waals surface area contributed by atoms with Crippen LogP contribution in [-0.2, 0) is 22.6 Å². The van der Waals surface area contributed by atoms with E-state index >= 15 is 0 Å². The summed E-state index contributed by atoms with van der Waals surface area (Å²) in [6.07, 6.45) is 1.61.